The van der Waals surface area contributed by atoms with Gasteiger partial charge in [-0.15, -0.1) is 0 Å². The molecule has 122 valence electrons. The van der Waals surface area contributed by atoms with Gasteiger partial charge in [-0.25, -0.2) is 4.79 Å². The molecule has 2 aromatic rings. The molecule has 1 heterocycles. The Morgan fingerprint density at radius 1 is 1.12 bits per heavy atom. The van der Waals surface area contributed by atoms with Crippen LogP contribution >= 0.6 is 0 Å². The highest BCUT2D eigenvalue weighted by Gasteiger charge is 2.33. The zero-order valence-corrected chi connectivity index (χ0v) is 13.6. The molecule has 0 unspecified atom stereocenters. The molecule has 1 aliphatic heterocycles. The molecule has 1 fully saturated rings. The van der Waals surface area contributed by atoms with Crippen molar-refractivity contribution >= 4 is 18.0 Å². The summed E-state index contributed by atoms with van der Waals surface area (Å²) in [5.41, 5.74) is 2.98. The first-order chi connectivity index (χ1) is 11.6. The van der Waals surface area contributed by atoms with Crippen LogP contribution in [-0.2, 0) is 11.3 Å². The maximum Gasteiger partial charge on any atom is 0.329 e. The minimum absolute atomic E-state index is 0.254. The second-order valence-electron chi connectivity index (χ2n) is 5.59. The first-order valence-corrected chi connectivity index (χ1v) is 7.61. The molecular formula is C19H18N2O3. The number of methoxy groups -OCH3 is 1. The van der Waals surface area contributed by atoms with Crippen molar-refractivity contribution in [2.24, 2.45) is 0 Å². The fourth-order valence-electron chi connectivity index (χ4n) is 2.64. The number of imide groups is 1. The second-order valence-corrected chi connectivity index (χ2v) is 5.59. The van der Waals surface area contributed by atoms with E-state index in [1.807, 2.05) is 55.5 Å². The lowest BCUT2D eigenvalue weighted by atomic mass is 10.1. The van der Waals surface area contributed by atoms with E-state index in [4.69, 9.17) is 4.74 Å². The summed E-state index contributed by atoms with van der Waals surface area (Å²) in [6.45, 7) is 2.18. The molecule has 5 heteroatoms. The number of hydrogen-bond donors (Lipinski definition) is 1. The van der Waals surface area contributed by atoms with Gasteiger partial charge in [0.15, 0.2) is 0 Å². The summed E-state index contributed by atoms with van der Waals surface area (Å²) in [7, 11) is 1.61. The zero-order chi connectivity index (χ0) is 17.1. The summed E-state index contributed by atoms with van der Waals surface area (Å²) in [5.74, 6) is 0.460. The van der Waals surface area contributed by atoms with Gasteiger partial charge in [-0.2, -0.15) is 0 Å². The molecule has 5 nitrogen and oxygen atoms in total. The van der Waals surface area contributed by atoms with Gasteiger partial charge in [-0.1, -0.05) is 36.4 Å². The molecule has 24 heavy (non-hydrogen) atoms. The fourth-order valence-corrected chi connectivity index (χ4v) is 2.64. The molecule has 2 aromatic carbocycles. The number of ether oxygens (including phenoxy) is 1. The molecule has 0 radical (unpaired) electrons. The third-order valence-electron chi connectivity index (χ3n) is 3.88. The Hall–Kier alpha value is -3.08. The van der Waals surface area contributed by atoms with Gasteiger partial charge in [0.2, 0.25) is 0 Å². The maximum absolute atomic E-state index is 12.5. The Bertz CT molecular complexity index is 813. The number of rotatable bonds is 4. The van der Waals surface area contributed by atoms with Crippen LogP contribution in [0.2, 0.25) is 0 Å². The quantitative estimate of drug-likeness (QED) is 0.695. The highest BCUT2D eigenvalue weighted by Crippen LogP contribution is 2.21. The normalized spacial score (nSPS) is 15.8. The van der Waals surface area contributed by atoms with Crippen LogP contribution in [0.1, 0.15) is 16.7 Å². The number of hydrogen-bond acceptors (Lipinski definition) is 3. The number of nitrogens with zero attached hydrogens (tertiary/aromatic N) is 1. The largest absolute Gasteiger partial charge is 0.496 e. The standard InChI is InChI=1S/C19H18N2O3/c1-13-10-15(8-9-17(13)24-2)11-16-18(22)21(19(23)20-16)12-14-6-4-3-5-7-14/h3-11H,12H2,1-2H3,(H,20,23)/b16-11+. The van der Waals surface area contributed by atoms with Crippen molar-refractivity contribution in [2.45, 2.75) is 13.5 Å². The molecule has 0 saturated carbocycles. The summed E-state index contributed by atoms with van der Waals surface area (Å²) >= 11 is 0. The van der Waals surface area contributed by atoms with Crippen molar-refractivity contribution in [3.8, 4) is 5.75 Å². The number of benzene rings is 2. The van der Waals surface area contributed by atoms with Crippen LogP contribution < -0.4 is 10.1 Å². The van der Waals surface area contributed by atoms with Gasteiger partial charge < -0.3 is 10.1 Å². The highest BCUT2D eigenvalue weighted by molar-refractivity contribution is 6.13. The van der Waals surface area contributed by atoms with E-state index in [1.54, 1.807) is 13.2 Å². The van der Waals surface area contributed by atoms with Crippen LogP contribution in [-0.4, -0.2) is 23.9 Å². The molecule has 1 saturated heterocycles. The molecule has 0 aliphatic carbocycles. The van der Waals surface area contributed by atoms with E-state index >= 15 is 0 Å². The highest BCUT2D eigenvalue weighted by atomic mass is 16.5. The lowest BCUT2D eigenvalue weighted by Crippen LogP contribution is -2.30. The van der Waals surface area contributed by atoms with Crippen molar-refractivity contribution in [2.75, 3.05) is 7.11 Å². The Labute approximate surface area is 140 Å². The summed E-state index contributed by atoms with van der Waals surface area (Å²) in [4.78, 5) is 25.8. The summed E-state index contributed by atoms with van der Waals surface area (Å²) < 4.78 is 5.23. The Kier molecular flexibility index (Phi) is 4.33. The smallest absolute Gasteiger partial charge is 0.329 e. The third-order valence-corrected chi connectivity index (χ3v) is 3.88. The topological polar surface area (TPSA) is 58.6 Å². The van der Waals surface area contributed by atoms with Crippen LogP contribution in [0.25, 0.3) is 6.08 Å². The molecule has 0 atom stereocenters. The summed E-state index contributed by atoms with van der Waals surface area (Å²) in [5, 5.41) is 2.64. The zero-order valence-electron chi connectivity index (χ0n) is 13.6. The number of nitrogens with one attached hydrogen (secondary N) is 1. The van der Waals surface area contributed by atoms with E-state index in [0.29, 0.717) is 0 Å². The lowest BCUT2D eigenvalue weighted by Gasteiger charge is -2.11. The van der Waals surface area contributed by atoms with E-state index < -0.39 is 6.03 Å². The van der Waals surface area contributed by atoms with Crippen molar-refractivity contribution in [3.05, 3.63) is 70.9 Å². The van der Waals surface area contributed by atoms with E-state index in [-0.39, 0.29) is 18.1 Å². The van der Waals surface area contributed by atoms with Gasteiger partial charge in [0.25, 0.3) is 5.91 Å². The second kappa shape index (κ2) is 6.58. The number of aryl methyl sites for hydroxylation is 1. The minimum Gasteiger partial charge on any atom is -0.496 e. The van der Waals surface area contributed by atoms with Crippen LogP contribution in [0.4, 0.5) is 4.79 Å². The average Bonchev–Trinajstić information content (AvgIpc) is 2.84. The van der Waals surface area contributed by atoms with Gasteiger partial charge >= 0.3 is 6.03 Å². The first kappa shape index (κ1) is 15.8. The van der Waals surface area contributed by atoms with E-state index in [1.165, 1.54) is 4.90 Å². The number of carbonyl (C=O) groups is 2. The molecule has 1 N–H and O–H groups in total. The number of amides is 3. The average molecular weight is 322 g/mol. The van der Waals surface area contributed by atoms with Crippen molar-refractivity contribution in [3.63, 3.8) is 0 Å². The van der Waals surface area contributed by atoms with Crippen LogP contribution in [0.15, 0.2) is 54.2 Å². The van der Waals surface area contributed by atoms with Crippen molar-refractivity contribution in [1.29, 1.82) is 0 Å². The van der Waals surface area contributed by atoms with E-state index in [0.717, 1.165) is 22.4 Å². The Morgan fingerprint density at radius 3 is 2.54 bits per heavy atom. The third kappa shape index (κ3) is 3.15. The minimum atomic E-state index is -0.402. The number of urea groups is 1. The SMILES string of the molecule is COc1ccc(/C=C2/NC(=O)N(Cc3ccccc3)C2=O)cc1C. The fraction of sp³-hybridized carbons (Fsp3) is 0.158. The number of carbonyl (C=O) groups excluding carboxylic acids is 2. The van der Waals surface area contributed by atoms with Crippen LogP contribution in [0, 0.1) is 6.92 Å². The molecular weight excluding hydrogens is 304 g/mol. The molecule has 0 aromatic heterocycles. The van der Waals surface area contributed by atoms with Gasteiger partial charge in [-0.05, 0) is 41.8 Å². The van der Waals surface area contributed by atoms with Crippen LogP contribution in [0.3, 0.4) is 0 Å². The van der Waals surface area contributed by atoms with Gasteiger partial charge in [0.1, 0.15) is 11.4 Å². The predicted octanol–water partition coefficient (Wildman–Crippen LogP) is 3.10. The molecule has 0 bridgehead atoms. The summed E-state index contributed by atoms with van der Waals surface area (Å²) in [6.07, 6.45) is 1.68. The monoisotopic (exact) mass is 322 g/mol. The van der Waals surface area contributed by atoms with Crippen molar-refractivity contribution in [1.82, 2.24) is 10.2 Å². The lowest BCUT2D eigenvalue weighted by molar-refractivity contribution is -0.123. The molecule has 3 amide bonds. The van der Waals surface area contributed by atoms with Gasteiger partial charge in [-0.3, -0.25) is 9.69 Å². The Balaban J connectivity index is 1.82. The maximum atomic E-state index is 12.5. The molecule has 1 aliphatic rings. The van der Waals surface area contributed by atoms with Gasteiger partial charge in [0, 0.05) is 0 Å². The van der Waals surface area contributed by atoms with E-state index in [2.05, 4.69) is 5.32 Å². The van der Waals surface area contributed by atoms with E-state index in [9.17, 15) is 9.59 Å². The first-order valence-electron chi connectivity index (χ1n) is 7.61. The van der Waals surface area contributed by atoms with Gasteiger partial charge in [0.05, 0.1) is 13.7 Å². The molecule has 0 spiro atoms. The summed E-state index contributed by atoms with van der Waals surface area (Å²) in [6, 6.07) is 14.6. The molecule has 3 rings (SSSR count). The van der Waals surface area contributed by atoms with Crippen molar-refractivity contribution < 1.29 is 14.3 Å². The van der Waals surface area contributed by atoms with Crippen LogP contribution in [0.5, 0.6) is 5.75 Å². The predicted molar refractivity (Wildman–Crippen MR) is 91.2 cm³/mol. The Morgan fingerprint density at radius 2 is 1.88 bits per heavy atom.